The zero-order valence-electron chi connectivity index (χ0n) is 16.9. The van der Waals surface area contributed by atoms with E-state index in [1.807, 2.05) is 20.8 Å². The third-order valence-electron chi connectivity index (χ3n) is 5.05. The molecule has 0 amide bonds. The van der Waals surface area contributed by atoms with Crippen LogP contribution >= 0.6 is 0 Å². The number of fused-ring (bicyclic) bond motifs is 1. The maximum atomic E-state index is 13.2. The summed E-state index contributed by atoms with van der Waals surface area (Å²) >= 11 is 0. The van der Waals surface area contributed by atoms with E-state index < -0.39 is 10.0 Å². The van der Waals surface area contributed by atoms with E-state index in [1.54, 1.807) is 22.6 Å². The van der Waals surface area contributed by atoms with Gasteiger partial charge in [0.25, 0.3) is 0 Å². The van der Waals surface area contributed by atoms with Crippen LogP contribution in [-0.4, -0.2) is 63.9 Å². The number of rotatable bonds is 4. The molecule has 4 heterocycles. The fraction of sp³-hybridized carbons (Fsp3) is 0.526. The lowest BCUT2D eigenvalue weighted by Crippen LogP contribution is -2.35. The summed E-state index contributed by atoms with van der Waals surface area (Å²) in [5, 5.41) is 4.70. The number of hydrogen-bond acceptors (Lipinski definition) is 7. The number of aromatic amines is 1. The normalized spacial score (nSPS) is 17.6. The number of pyridine rings is 1. The molecule has 9 nitrogen and oxygen atoms in total. The van der Waals surface area contributed by atoms with Gasteiger partial charge in [-0.3, -0.25) is 4.90 Å². The lowest BCUT2D eigenvalue weighted by atomic mass is 9.97. The quantitative estimate of drug-likeness (QED) is 0.691. The van der Waals surface area contributed by atoms with Crippen LogP contribution in [-0.2, 0) is 22.0 Å². The van der Waals surface area contributed by atoms with Crippen molar-refractivity contribution in [3.8, 4) is 0 Å². The highest BCUT2D eigenvalue weighted by Gasteiger charge is 2.30. The lowest BCUT2D eigenvalue weighted by molar-refractivity contribution is 0.264. The average Bonchev–Trinajstić information content (AvgIpc) is 3.24. The largest absolute Gasteiger partial charge is 0.345 e. The smallest absolute Gasteiger partial charge is 0.245 e. The Balaban J connectivity index is 1.46. The third-order valence-corrected chi connectivity index (χ3v) is 6.99. The Morgan fingerprint density at radius 3 is 2.79 bits per heavy atom. The molecule has 10 heteroatoms. The molecular weight excluding hydrogens is 392 g/mol. The first-order chi connectivity index (χ1) is 13.7. The number of H-pyrrole nitrogens is 1. The molecule has 1 N–H and O–H groups in total. The van der Waals surface area contributed by atoms with E-state index in [4.69, 9.17) is 4.52 Å². The molecule has 3 aromatic heterocycles. The van der Waals surface area contributed by atoms with Gasteiger partial charge in [-0.25, -0.2) is 13.4 Å². The molecule has 0 atom stereocenters. The summed E-state index contributed by atoms with van der Waals surface area (Å²) in [6.45, 7) is 8.91. The molecule has 156 valence electrons. The molecule has 0 aromatic carbocycles. The van der Waals surface area contributed by atoms with Crippen LogP contribution in [0.2, 0.25) is 0 Å². The van der Waals surface area contributed by atoms with Crippen molar-refractivity contribution in [3.05, 3.63) is 36.2 Å². The van der Waals surface area contributed by atoms with Crippen LogP contribution in [0.3, 0.4) is 0 Å². The van der Waals surface area contributed by atoms with E-state index in [1.165, 1.54) is 6.20 Å². The van der Waals surface area contributed by atoms with Crippen molar-refractivity contribution in [1.82, 2.24) is 29.3 Å². The molecule has 0 saturated carbocycles. The Labute approximate surface area is 170 Å². The van der Waals surface area contributed by atoms with Gasteiger partial charge in [-0.05, 0) is 25.1 Å². The summed E-state index contributed by atoms with van der Waals surface area (Å²) < 4.78 is 33.3. The fourth-order valence-corrected chi connectivity index (χ4v) is 5.07. The molecular formula is C19H26N6O3S. The van der Waals surface area contributed by atoms with Crippen LogP contribution in [0.4, 0.5) is 0 Å². The van der Waals surface area contributed by atoms with E-state index in [0.29, 0.717) is 48.9 Å². The van der Waals surface area contributed by atoms with E-state index in [-0.39, 0.29) is 10.3 Å². The van der Waals surface area contributed by atoms with Gasteiger partial charge in [-0.1, -0.05) is 25.9 Å². The minimum atomic E-state index is -3.59. The maximum absolute atomic E-state index is 13.2. The van der Waals surface area contributed by atoms with Crippen molar-refractivity contribution in [3.63, 3.8) is 0 Å². The van der Waals surface area contributed by atoms with Gasteiger partial charge in [-0.15, -0.1) is 0 Å². The van der Waals surface area contributed by atoms with E-state index in [2.05, 4.69) is 25.0 Å². The Bertz CT molecular complexity index is 1100. The lowest BCUT2D eigenvalue weighted by Gasteiger charge is -2.20. The summed E-state index contributed by atoms with van der Waals surface area (Å²) in [5.41, 5.74) is 0.387. The van der Waals surface area contributed by atoms with Crippen LogP contribution in [0, 0.1) is 0 Å². The molecule has 0 spiro atoms. The highest BCUT2D eigenvalue weighted by atomic mass is 32.2. The molecule has 29 heavy (non-hydrogen) atoms. The standard InChI is InChI=1S/C19H26N6O3S/c1-19(2,3)18-22-16(23-28-18)13-24-8-5-9-25(11-10-24)29(26,27)15-12-21-17-14(15)6-4-7-20-17/h4,6-7,12H,5,8-11,13H2,1-3H3,(H,20,21). The molecule has 0 aliphatic carbocycles. The van der Waals surface area contributed by atoms with E-state index >= 15 is 0 Å². The number of hydrogen-bond donors (Lipinski definition) is 1. The van der Waals surface area contributed by atoms with Gasteiger partial charge in [-0.2, -0.15) is 9.29 Å². The van der Waals surface area contributed by atoms with Crippen LogP contribution < -0.4 is 0 Å². The van der Waals surface area contributed by atoms with E-state index in [0.717, 1.165) is 13.0 Å². The van der Waals surface area contributed by atoms with Gasteiger partial charge in [0.05, 0.1) is 6.54 Å². The Morgan fingerprint density at radius 1 is 1.21 bits per heavy atom. The van der Waals surface area contributed by atoms with Gasteiger partial charge < -0.3 is 9.51 Å². The summed E-state index contributed by atoms with van der Waals surface area (Å²) in [6.07, 6.45) is 3.91. The predicted molar refractivity (Wildman–Crippen MR) is 108 cm³/mol. The first kappa shape index (κ1) is 20.0. The molecule has 0 radical (unpaired) electrons. The minimum Gasteiger partial charge on any atom is -0.345 e. The zero-order chi connectivity index (χ0) is 20.6. The van der Waals surface area contributed by atoms with E-state index in [9.17, 15) is 8.42 Å². The van der Waals surface area contributed by atoms with Crippen molar-refractivity contribution in [2.24, 2.45) is 0 Å². The number of nitrogens with one attached hydrogen (secondary N) is 1. The van der Waals surface area contributed by atoms with Crippen LogP contribution in [0.15, 0.2) is 33.9 Å². The topological polar surface area (TPSA) is 108 Å². The van der Waals surface area contributed by atoms with Crippen molar-refractivity contribution >= 4 is 21.1 Å². The molecule has 3 aromatic rings. The van der Waals surface area contributed by atoms with Gasteiger partial charge >= 0.3 is 0 Å². The van der Waals surface area contributed by atoms with Crippen molar-refractivity contribution in [2.45, 2.75) is 44.0 Å². The number of aromatic nitrogens is 4. The number of sulfonamides is 1. The van der Waals surface area contributed by atoms with Crippen molar-refractivity contribution < 1.29 is 12.9 Å². The summed E-state index contributed by atoms with van der Waals surface area (Å²) in [6, 6.07) is 3.52. The molecule has 1 aliphatic heterocycles. The predicted octanol–water partition coefficient (Wildman–Crippen LogP) is 2.14. The van der Waals surface area contributed by atoms with Crippen molar-refractivity contribution in [1.29, 1.82) is 0 Å². The third kappa shape index (κ3) is 4.05. The molecule has 0 unspecified atom stereocenters. The van der Waals surface area contributed by atoms with Crippen LogP contribution in [0.1, 0.15) is 38.9 Å². The first-order valence-electron chi connectivity index (χ1n) is 9.73. The summed E-state index contributed by atoms with van der Waals surface area (Å²) in [4.78, 5) is 14.1. The first-order valence-corrected chi connectivity index (χ1v) is 11.2. The molecule has 1 aliphatic rings. The van der Waals surface area contributed by atoms with Gasteiger partial charge in [0.15, 0.2) is 5.82 Å². The van der Waals surface area contributed by atoms with Crippen LogP contribution in [0.25, 0.3) is 11.0 Å². The summed E-state index contributed by atoms with van der Waals surface area (Å²) in [5.74, 6) is 1.24. The number of nitrogens with zero attached hydrogens (tertiary/aromatic N) is 5. The highest BCUT2D eigenvalue weighted by Crippen LogP contribution is 2.25. The van der Waals surface area contributed by atoms with Gasteiger partial charge in [0.2, 0.25) is 15.9 Å². The second-order valence-electron chi connectivity index (χ2n) is 8.35. The SMILES string of the molecule is CC(C)(C)c1nc(CN2CCCN(S(=O)(=O)c3c[nH]c4ncccc34)CC2)no1. The molecule has 1 saturated heterocycles. The zero-order valence-corrected chi connectivity index (χ0v) is 17.7. The Hall–Kier alpha value is -2.30. The molecule has 0 bridgehead atoms. The monoisotopic (exact) mass is 418 g/mol. The average molecular weight is 419 g/mol. The minimum absolute atomic E-state index is 0.191. The highest BCUT2D eigenvalue weighted by molar-refractivity contribution is 7.89. The maximum Gasteiger partial charge on any atom is 0.245 e. The fourth-order valence-electron chi connectivity index (χ4n) is 3.45. The Kier molecular flexibility index (Phi) is 5.18. The second-order valence-corrected chi connectivity index (χ2v) is 10.3. The summed E-state index contributed by atoms with van der Waals surface area (Å²) in [7, 11) is -3.59. The Morgan fingerprint density at radius 2 is 2.03 bits per heavy atom. The van der Waals surface area contributed by atoms with Crippen LogP contribution in [0.5, 0.6) is 0 Å². The molecule has 4 rings (SSSR count). The van der Waals surface area contributed by atoms with Gasteiger partial charge in [0.1, 0.15) is 10.5 Å². The van der Waals surface area contributed by atoms with Crippen molar-refractivity contribution in [2.75, 3.05) is 26.2 Å². The second kappa shape index (κ2) is 7.51. The molecule has 1 fully saturated rings. The van der Waals surface area contributed by atoms with Gasteiger partial charge in [0, 0.05) is 42.8 Å².